The van der Waals surface area contributed by atoms with Gasteiger partial charge in [-0.2, -0.15) is 0 Å². The minimum atomic E-state index is -0.898. The van der Waals surface area contributed by atoms with E-state index in [1.165, 1.54) is 20.1 Å². The summed E-state index contributed by atoms with van der Waals surface area (Å²) in [5.74, 6) is 0.0363. The third kappa shape index (κ3) is 5.22. The molecule has 6 nitrogen and oxygen atoms in total. The van der Waals surface area contributed by atoms with Gasteiger partial charge in [-0.1, -0.05) is 6.07 Å². The molecule has 0 aliphatic carbocycles. The highest BCUT2D eigenvalue weighted by atomic mass is 32.1. The van der Waals surface area contributed by atoms with Crippen LogP contribution >= 0.6 is 11.3 Å². The second kappa shape index (κ2) is 9.08. The Morgan fingerprint density at radius 1 is 1.24 bits per heavy atom. The monoisotopic (exact) mass is 363 g/mol. The molecule has 1 aromatic carbocycles. The van der Waals surface area contributed by atoms with Crippen molar-refractivity contribution in [3.63, 3.8) is 0 Å². The number of hydrogen-bond acceptors (Lipinski definition) is 6. The van der Waals surface area contributed by atoms with Crippen LogP contribution in [-0.4, -0.2) is 31.7 Å². The van der Waals surface area contributed by atoms with Gasteiger partial charge in [0.05, 0.1) is 25.8 Å². The van der Waals surface area contributed by atoms with Crippen molar-refractivity contribution in [3.8, 4) is 11.5 Å². The van der Waals surface area contributed by atoms with Crippen LogP contribution in [-0.2, 0) is 16.1 Å². The van der Waals surface area contributed by atoms with Crippen LogP contribution in [0.3, 0.4) is 0 Å². The zero-order chi connectivity index (χ0) is 18.2. The molecule has 1 aromatic heterocycles. The molecule has 1 amide bonds. The summed E-state index contributed by atoms with van der Waals surface area (Å²) in [5.41, 5.74) is 0.290. The first-order chi connectivity index (χ1) is 12.0. The average molecular weight is 363 g/mol. The van der Waals surface area contributed by atoms with Gasteiger partial charge >= 0.3 is 5.97 Å². The topological polar surface area (TPSA) is 73.9 Å². The fourth-order valence-electron chi connectivity index (χ4n) is 2.08. The molecule has 0 aliphatic rings. The highest BCUT2D eigenvalue weighted by molar-refractivity contribution is 7.09. The summed E-state index contributed by atoms with van der Waals surface area (Å²) in [6.07, 6.45) is -0.898. The second-order valence-corrected chi connectivity index (χ2v) is 6.18. The predicted octanol–water partition coefficient (Wildman–Crippen LogP) is 3.02. The average Bonchev–Trinajstić information content (AvgIpc) is 3.13. The van der Waals surface area contributed by atoms with Crippen molar-refractivity contribution in [1.82, 2.24) is 5.32 Å². The molecule has 0 radical (unpaired) electrons. The minimum absolute atomic E-state index is 0.290. The second-order valence-electron chi connectivity index (χ2n) is 5.14. The molecule has 0 bridgehead atoms. The van der Waals surface area contributed by atoms with Gasteiger partial charge in [0.2, 0.25) is 0 Å². The van der Waals surface area contributed by atoms with Gasteiger partial charge in [-0.15, -0.1) is 11.3 Å². The zero-order valence-corrected chi connectivity index (χ0v) is 15.2. The Bertz CT molecular complexity index is 714. The number of thiophene rings is 1. The molecule has 1 atom stereocenters. The van der Waals surface area contributed by atoms with Crippen molar-refractivity contribution < 1.29 is 23.8 Å². The highest BCUT2D eigenvalue weighted by Gasteiger charge is 2.20. The Kier molecular flexibility index (Phi) is 6.82. The molecule has 134 valence electrons. The molecule has 0 spiro atoms. The number of carbonyl (C=O) groups excluding carboxylic acids is 2. The van der Waals surface area contributed by atoms with Gasteiger partial charge in [0.25, 0.3) is 5.91 Å². The fourth-order valence-corrected chi connectivity index (χ4v) is 2.73. The predicted molar refractivity (Wildman–Crippen MR) is 95.2 cm³/mol. The van der Waals surface area contributed by atoms with Crippen molar-refractivity contribution in [3.05, 3.63) is 46.2 Å². The molecule has 0 aliphatic heterocycles. The fraction of sp³-hybridized carbons (Fsp3) is 0.333. The number of amides is 1. The Hall–Kier alpha value is -2.54. The number of hydrogen-bond donors (Lipinski definition) is 1. The van der Waals surface area contributed by atoms with Crippen molar-refractivity contribution >= 4 is 23.2 Å². The number of ether oxygens (including phenoxy) is 3. The normalized spacial score (nSPS) is 11.5. The molecule has 0 saturated heterocycles. The molecule has 25 heavy (non-hydrogen) atoms. The Morgan fingerprint density at radius 2 is 2.04 bits per heavy atom. The first-order valence-electron chi connectivity index (χ1n) is 7.87. The van der Waals surface area contributed by atoms with Crippen LogP contribution in [0.5, 0.6) is 11.5 Å². The van der Waals surface area contributed by atoms with Crippen LogP contribution in [0.4, 0.5) is 0 Å². The van der Waals surface area contributed by atoms with Crippen LogP contribution in [0.25, 0.3) is 0 Å². The standard InChI is InChI=1S/C18H21NO5S/c1-4-23-15-8-7-13(10-16(15)22-3)18(21)24-12(2)17(20)19-11-14-6-5-9-25-14/h5-10,12H,4,11H2,1-3H3,(H,19,20)/t12-/m0/s1. The van der Waals surface area contributed by atoms with E-state index in [1.54, 1.807) is 23.5 Å². The molecule has 7 heteroatoms. The minimum Gasteiger partial charge on any atom is -0.493 e. The summed E-state index contributed by atoms with van der Waals surface area (Å²) in [6.45, 7) is 4.29. The van der Waals surface area contributed by atoms with E-state index in [0.29, 0.717) is 30.2 Å². The van der Waals surface area contributed by atoms with Crippen LogP contribution < -0.4 is 14.8 Å². The van der Waals surface area contributed by atoms with E-state index in [2.05, 4.69) is 5.32 Å². The quantitative estimate of drug-likeness (QED) is 0.730. The first-order valence-corrected chi connectivity index (χ1v) is 8.75. The lowest BCUT2D eigenvalue weighted by Crippen LogP contribution is -2.35. The van der Waals surface area contributed by atoms with E-state index in [4.69, 9.17) is 14.2 Å². The van der Waals surface area contributed by atoms with E-state index >= 15 is 0 Å². The molecule has 0 fully saturated rings. The van der Waals surface area contributed by atoms with E-state index < -0.39 is 12.1 Å². The summed E-state index contributed by atoms with van der Waals surface area (Å²) in [5, 5.41) is 4.67. The summed E-state index contributed by atoms with van der Waals surface area (Å²) < 4.78 is 15.8. The molecule has 2 rings (SSSR count). The molecule has 2 aromatic rings. The van der Waals surface area contributed by atoms with Crippen LogP contribution in [0.1, 0.15) is 29.1 Å². The van der Waals surface area contributed by atoms with Crippen molar-refractivity contribution in [2.45, 2.75) is 26.5 Å². The lowest BCUT2D eigenvalue weighted by molar-refractivity contribution is -0.129. The van der Waals surface area contributed by atoms with E-state index in [9.17, 15) is 9.59 Å². The molecule has 1 N–H and O–H groups in total. The summed E-state index contributed by atoms with van der Waals surface area (Å²) in [4.78, 5) is 25.3. The van der Waals surface area contributed by atoms with Crippen LogP contribution in [0.2, 0.25) is 0 Å². The van der Waals surface area contributed by atoms with Crippen LogP contribution in [0.15, 0.2) is 35.7 Å². The number of carbonyl (C=O) groups is 2. The van der Waals surface area contributed by atoms with Gasteiger partial charge in [-0.3, -0.25) is 4.79 Å². The molecular formula is C18H21NO5S. The van der Waals surface area contributed by atoms with Crippen LogP contribution in [0, 0.1) is 0 Å². The maximum Gasteiger partial charge on any atom is 0.339 e. The Morgan fingerprint density at radius 3 is 2.68 bits per heavy atom. The van der Waals surface area contributed by atoms with E-state index in [0.717, 1.165) is 4.88 Å². The lowest BCUT2D eigenvalue weighted by Gasteiger charge is -2.14. The van der Waals surface area contributed by atoms with Gasteiger partial charge in [0, 0.05) is 4.88 Å². The number of methoxy groups -OCH3 is 1. The Balaban J connectivity index is 1.94. The third-order valence-electron chi connectivity index (χ3n) is 3.37. The lowest BCUT2D eigenvalue weighted by atomic mass is 10.2. The summed E-state index contributed by atoms with van der Waals surface area (Å²) in [6, 6.07) is 8.58. The SMILES string of the molecule is CCOc1ccc(C(=O)O[C@@H](C)C(=O)NCc2cccs2)cc1OC. The van der Waals surface area contributed by atoms with Crippen molar-refractivity contribution in [2.75, 3.05) is 13.7 Å². The number of esters is 1. The zero-order valence-electron chi connectivity index (χ0n) is 14.4. The third-order valence-corrected chi connectivity index (χ3v) is 4.25. The highest BCUT2D eigenvalue weighted by Crippen LogP contribution is 2.28. The largest absolute Gasteiger partial charge is 0.493 e. The summed E-state index contributed by atoms with van der Waals surface area (Å²) in [7, 11) is 1.49. The van der Waals surface area contributed by atoms with Gasteiger partial charge < -0.3 is 19.5 Å². The maximum absolute atomic E-state index is 12.2. The smallest absolute Gasteiger partial charge is 0.339 e. The Labute approximate surface area is 150 Å². The maximum atomic E-state index is 12.2. The van der Waals surface area contributed by atoms with Gasteiger partial charge in [0.15, 0.2) is 17.6 Å². The van der Waals surface area contributed by atoms with Gasteiger partial charge in [0.1, 0.15) is 0 Å². The number of rotatable bonds is 8. The first kappa shape index (κ1) is 18.8. The van der Waals surface area contributed by atoms with Gasteiger partial charge in [-0.25, -0.2) is 4.79 Å². The van der Waals surface area contributed by atoms with Gasteiger partial charge in [-0.05, 0) is 43.5 Å². The number of nitrogens with one attached hydrogen (secondary N) is 1. The molecular weight excluding hydrogens is 342 g/mol. The molecule has 0 saturated carbocycles. The molecule has 0 unspecified atom stereocenters. The molecule has 1 heterocycles. The van der Waals surface area contributed by atoms with Crippen molar-refractivity contribution in [2.24, 2.45) is 0 Å². The van der Waals surface area contributed by atoms with E-state index in [-0.39, 0.29) is 5.91 Å². The number of benzene rings is 1. The van der Waals surface area contributed by atoms with E-state index in [1.807, 2.05) is 24.4 Å². The summed E-state index contributed by atoms with van der Waals surface area (Å²) >= 11 is 1.55. The van der Waals surface area contributed by atoms with Crippen molar-refractivity contribution in [1.29, 1.82) is 0 Å².